The van der Waals surface area contributed by atoms with Gasteiger partial charge in [0, 0.05) is 24.7 Å². The quantitative estimate of drug-likeness (QED) is 0.775. The molecule has 1 aromatic carbocycles. The highest BCUT2D eigenvalue weighted by Crippen LogP contribution is 2.31. The van der Waals surface area contributed by atoms with Crippen LogP contribution in [-0.4, -0.2) is 57.7 Å². The first kappa shape index (κ1) is 19.1. The number of aliphatic carboxylic acids is 1. The molecule has 1 aliphatic heterocycles. The third-order valence-electron chi connectivity index (χ3n) is 5.37. The lowest BCUT2D eigenvalue weighted by molar-refractivity contribution is -0.137. The van der Waals surface area contributed by atoms with Gasteiger partial charge in [-0.2, -0.15) is 0 Å². The summed E-state index contributed by atoms with van der Waals surface area (Å²) in [5, 5.41) is 8.83. The number of fused-ring (bicyclic) bond motifs is 1. The van der Waals surface area contributed by atoms with E-state index >= 15 is 0 Å². The third kappa shape index (κ3) is 3.72. The van der Waals surface area contributed by atoms with Gasteiger partial charge in [-0.1, -0.05) is 19.3 Å². The summed E-state index contributed by atoms with van der Waals surface area (Å²) in [5.74, 6) is -1.92. The van der Waals surface area contributed by atoms with Gasteiger partial charge in [-0.15, -0.1) is 0 Å². The molecule has 1 aromatic rings. The van der Waals surface area contributed by atoms with Crippen LogP contribution in [0.2, 0.25) is 0 Å². The summed E-state index contributed by atoms with van der Waals surface area (Å²) in [4.78, 5) is 51.8. The summed E-state index contributed by atoms with van der Waals surface area (Å²) in [5.41, 5.74) is 0.911. The fourth-order valence-electron chi connectivity index (χ4n) is 3.88. The van der Waals surface area contributed by atoms with Crippen molar-refractivity contribution < 1.29 is 24.3 Å². The van der Waals surface area contributed by atoms with Gasteiger partial charge in [0.25, 0.3) is 17.7 Å². The number of amides is 3. The number of imide groups is 1. The molecule has 27 heavy (non-hydrogen) atoms. The maximum absolute atomic E-state index is 12.8. The molecule has 7 nitrogen and oxygen atoms in total. The Morgan fingerprint density at radius 3 is 2.41 bits per heavy atom. The zero-order valence-electron chi connectivity index (χ0n) is 15.4. The molecular formula is C20H24N2O5. The number of benzene rings is 1. The van der Waals surface area contributed by atoms with Crippen molar-refractivity contribution in [1.29, 1.82) is 0 Å². The molecular weight excluding hydrogens is 348 g/mol. The first-order valence-corrected chi connectivity index (χ1v) is 9.47. The summed E-state index contributed by atoms with van der Waals surface area (Å²) in [6.07, 6.45) is 4.67. The van der Waals surface area contributed by atoms with Gasteiger partial charge < -0.3 is 10.0 Å². The van der Waals surface area contributed by atoms with Crippen LogP contribution < -0.4 is 0 Å². The van der Waals surface area contributed by atoms with Gasteiger partial charge in [0.15, 0.2) is 0 Å². The fourth-order valence-corrected chi connectivity index (χ4v) is 3.88. The smallest absolute Gasteiger partial charge is 0.305 e. The van der Waals surface area contributed by atoms with Crippen LogP contribution in [0.4, 0.5) is 0 Å². The number of carboxylic acids is 1. The molecule has 3 amide bonds. The Labute approximate surface area is 157 Å². The highest BCUT2D eigenvalue weighted by atomic mass is 16.4. The van der Waals surface area contributed by atoms with Crippen LogP contribution in [0, 0.1) is 0 Å². The molecule has 1 aliphatic carbocycles. The van der Waals surface area contributed by atoms with E-state index in [1.54, 1.807) is 13.0 Å². The van der Waals surface area contributed by atoms with Crippen molar-refractivity contribution in [2.24, 2.45) is 0 Å². The van der Waals surface area contributed by atoms with Crippen molar-refractivity contribution in [3.8, 4) is 0 Å². The molecule has 1 fully saturated rings. The van der Waals surface area contributed by atoms with Crippen LogP contribution in [0.15, 0.2) is 18.2 Å². The Kier molecular flexibility index (Phi) is 5.58. The SMILES string of the molecule is CCN(CCC(=O)O)C(=O)c1ccc2c(c1)C(=O)N(C1CCCCC1)C2=O. The van der Waals surface area contributed by atoms with Crippen LogP contribution in [0.5, 0.6) is 0 Å². The largest absolute Gasteiger partial charge is 0.481 e. The van der Waals surface area contributed by atoms with Gasteiger partial charge in [0.1, 0.15) is 0 Å². The highest BCUT2D eigenvalue weighted by molar-refractivity contribution is 6.22. The minimum Gasteiger partial charge on any atom is -0.481 e. The van der Waals surface area contributed by atoms with Gasteiger partial charge in [-0.25, -0.2) is 0 Å². The Morgan fingerprint density at radius 2 is 1.78 bits per heavy atom. The van der Waals surface area contributed by atoms with Gasteiger partial charge in [-0.3, -0.25) is 24.1 Å². The molecule has 144 valence electrons. The summed E-state index contributed by atoms with van der Waals surface area (Å²) in [6.45, 7) is 2.24. The molecule has 0 bridgehead atoms. The Hall–Kier alpha value is -2.70. The van der Waals surface area contributed by atoms with Gasteiger partial charge in [-0.05, 0) is 38.0 Å². The van der Waals surface area contributed by atoms with E-state index in [0.717, 1.165) is 32.1 Å². The van der Waals surface area contributed by atoms with Gasteiger partial charge >= 0.3 is 5.97 Å². The standard InChI is InChI=1S/C20H24N2O5/c1-2-21(11-10-17(23)24)18(25)13-8-9-15-16(12-13)20(27)22(19(15)26)14-6-4-3-5-7-14/h8-9,12,14H,2-7,10-11H2,1H3,(H,23,24). The minimum atomic E-state index is -0.973. The summed E-state index contributed by atoms with van der Waals surface area (Å²) in [6, 6.07) is 4.49. The Balaban J connectivity index is 1.82. The van der Waals surface area contributed by atoms with E-state index < -0.39 is 5.97 Å². The first-order valence-electron chi connectivity index (χ1n) is 9.47. The topological polar surface area (TPSA) is 95.0 Å². The lowest BCUT2D eigenvalue weighted by atomic mass is 9.94. The molecule has 0 atom stereocenters. The molecule has 0 radical (unpaired) electrons. The molecule has 2 aliphatic rings. The first-order chi connectivity index (χ1) is 12.9. The normalized spacial score (nSPS) is 17.1. The zero-order valence-corrected chi connectivity index (χ0v) is 15.4. The molecule has 0 aromatic heterocycles. The summed E-state index contributed by atoms with van der Waals surface area (Å²) >= 11 is 0. The molecule has 7 heteroatoms. The maximum Gasteiger partial charge on any atom is 0.305 e. The molecule has 3 rings (SSSR count). The number of carbonyl (C=O) groups is 4. The van der Waals surface area contributed by atoms with E-state index in [1.807, 2.05) is 0 Å². The van der Waals surface area contributed by atoms with Crippen molar-refractivity contribution in [3.05, 3.63) is 34.9 Å². The second-order valence-corrected chi connectivity index (χ2v) is 7.06. The van der Waals surface area contributed by atoms with Crippen molar-refractivity contribution in [2.45, 2.75) is 51.5 Å². The van der Waals surface area contributed by atoms with Crippen LogP contribution in [0.1, 0.15) is 76.5 Å². The van der Waals surface area contributed by atoms with Crippen LogP contribution in [0.25, 0.3) is 0 Å². The lowest BCUT2D eigenvalue weighted by Crippen LogP contribution is -2.40. The van der Waals surface area contributed by atoms with Crippen molar-refractivity contribution in [1.82, 2.24) is 9.80 Å². The monoisotopic (exact) mass is 372 g/mol. The molecule has 1 saturated carbocycles. The molecule has 0 saturated heterocycles. The second-order valence-electron chi connectivity index (χ2n) is 7.06. The van der Waals surface area contributed by atoms with E-state index in [9.17, 15) is 19.2 Å². The second kappa shape index (κ2) is 7.90. The molecule has 0 unspecified atom stereocenters. The average Bonchev–Trinajstić information content (AvgIpc) is 2.92. The van der Waals surface area contributed by atoms with E-state index in [2.05, 4.69) is 0 Å². The zero-order chi connectivity index (χ0) is 19.6. The van der Waals surface area contributed by atoms with E-state index in [-0.39, 0.29) is 42.3 Å². The van der Waals surface area contributed by atoms with Crippen molar-refractivity contribution >= 4 is 23.7 Å². The Morgan fingerprint density at radius 1 is 1.11 bits per heavy atom. The van der Waals surface area contributed by atoms with Crippen LogP contribution in [0.3, 0.4) is 0 Å². The third-order valence-corrected chi connectivity index (χ3v) is 5.37. The molecule has 0 spiro atoms. The predicted octanol–water partition coefficient (Wildman–Crippen LogP) is 2.55. The average molecular weight is 372 g/mol. The minimum absolute atomic E-state index is 0.0620. The number of nitrogens with zero attached hydrogens (tertiary/aromatic N) is 2. The van der Waals surface area contributed by atoms with Crippen molar-refractivity contribution in [2.75, 3.05) is 13.1 Å². The number of hydrogen-bond acceptors (Lipinski definition) is 4. The number of carbonyl (C=O) groups excluding carboxylic acids is 3. The fraction of sp³-hybridized carbons (Fsp3) is 0.500. The molecule has 1 heterocycles. The highest BCUT2D eigenvalue weighted by Gasteiger charge is 2.40. The van der Waals surface area contributed by atoms with E-state index in [4.69, 9.17) is 5.11 Å². The number of rotatable bonds is 6. The maximum atomic E-state index is 12.8. The summed E-state index contributed by atoms with van der Waals surface area (Å²) < 4.78 is 0. The van der Waals surface area contributed by atoms with E-state index in [1.165, 1.54) is 21.9 Å². The van der Waals surface area contributed by atoms with Gasteiger partial charge in [0.2, 0.25) is 0 Å². The van der Waals surface area contributed by atoms with E-state index in [0.29, 0.717) is 17.7 Å². The van der Waals surface area contributed by atoms with Gasteiger partial charge in [0.05, 0.1) is 17.5 Å². The summed E-state index contributed by atoms with van der Waals surface area (Å²) in [7, 11) is 0. The molecule has 1 N–H and O–H groups in total. The Bertz CT molecular complexity index is 783. The number of hydrogen-bond donors (Lipinski definition) is 1. The van der Waals surface area contributed by atoms with Crippen LogP contribution in [-0.2, 0) is 4.79 Å². The lowest BCUT2D eigenvalue weighted by Gasteiger charge is -2.29. The van der Waals surface area contributed by atoms with Crippen LogP contribution >= 0.6 is 0 Å². The predicted molar refractivity (Wildman–Crippen MR) is 97.6 cm³/mol. The van der Waals surface area contributed by atoms with Crippen molar-refractivity contribution in [3.63, 3.8) is 0 Å². The number of carboxylic acid groups (broad SMARTS) is 1.